The van der Waals surface area contributed by atoms with Gasteiger partial charge in [0.15, 0.2) is 0 Å². The maximum Gasteiger partial charge on any atom is 0.416 e. The quantitative estimate of drug-likeness (QED) is 0.621. The van der Waals surface area contributed by atoms with Gasteiger partial charge in [0.05, 0.1) is 24.2 Å². The van der Waals surface area contributed by atoms with Crippen molar-refractivity contribution in [3.8, 4) is 17.4 Å². The number of carboxylic acid groups (broad SMARTS) is 1. The van der Waals surface area contributed by atoms with Crippen LogP contribution in [0.5, 0.6) is 17.4 Å². The largest absolute Gasteiger partial charge is 0.492 e. The lowest BCUT2D eigenvalue weighted by atomic mass is 9.85. The molecule has 3 aromatic rings. The van der Waals surface area contributed by atoms with Gasteiger partial charge in [-0.15, -0.1) is 0 Å². The lowest BCUT2D eigenvalue weighted by molar-refractivity contribution is 0.204. The van der Waals surface area contributed by atoms with Crippen LogP contribution >= 0.6 is 0 Å². The third-order valence-corrected chi connectivity index (χ3v) is 4.97. The first kappa shape index (κ1) is 18.8. The summed E-state index contributed by atoms with van der Waals surface area (Å²) in [4.78, 5) is 17.3. The van der Waals surface area contributed by atoms with E-state index in [1.807, 2.05) is 25.1 Å². The number of pyridine rings is 1. The van der Waals surface area contributed by atoms with Crippen LogP contribution in [0.1, 0.15) is 25.0 Å². The molecule has 1 amide bonds. The number of benzene rings is 2. The average Bonchev–Trinajstić information content (AvgIpc) is 3.03. The lowest BCUT2D eigenvalue weighted by Gasteiger charge is -2.20. The molecule has 0 fully saturated rings. The summed E-state index contributed by atoms with van der Waals surface area (Å²) in [7, 11) is 0. The van der Waals surface area contributed by atoms with Crippen molar-refractivity contribution in [2.24, 2.45) is 0 Å². The van der Waals surface area contributed by atoms with E-state index in [-0.39, 0.29) is 5.41 Å². The van der Waals surface area contributed by atoms with Crippen molar-refractivity contribution in [1.82, 2.24) is 4.98 Å². The highest BCUT2D eigenvalue weighted by Crippen LogP contribution is 2.47. The standard InChI is InChI=1S/C23H22N2O4/c1-15-9-11-18(20-21(15)28-14-23(20,2)3)29-19-12-10-17(13-24-19)25(22(26)27)16-7-5-4-6-8-16/h4-13H,14H2,1-3H3,(H,26,27). The van der Waals surface area contributed by atoms with Crippen molar-refractivity contribution < 1.29 is 19.4 Å². The van der Waals surface area contributed by atoms with E-state index in [9.17, 15) is 9.90 Å². The van der Waals surface area contributed by atoms with Gasteiger partial charge in [-0.3, -0.25) is 0 Å². The third kappa shape index (κ3) is 3.49. The van der Waals surface area contributed by atoms with Gasteiger partial charge >= 0.3 is 6.09 Å². The van der Waals surface area contributed by atoms with E-state index in [0.717, 1.165) is 16.9 Å². The minimum atomic E-state index is -1.08. The topological polar surface area (TPSA) is 71.9 Å². The van der Waals surface area contributed by atoms with Crippen molar-refractivity contribution in [2.45, 2.75) is 26.2 Å². The fourth-order valence-corrected chi connectivity index (χ4v) is 3.53. The van der Waals surface area contributed by atoms with Crippen molar-refractivity contribution >= 4 is 17.5 Å². The van der Waals surface area contributed by atoms with E-state index in [0.29, 0.717) is 29.6 Å². The van der Waals surface area contributed by atoms with E-state index in [1.165, 1.54) is 11.1 Å². The minimum Gasteiger partial charge on any atom is -0.492 e. The van der Waals surface area contributed by atoms with Crippen LogP contribution in [0.2, 0.25) is 0 Å². The van der Waals surface area contributed by atoms with Crippen molar-refractivity contribution in [2.75, 3.05) is 11.5 Å². The van der Waals surface area contributed by atoms with E-state index in [4.69, 9.17) is 9.47 Å². The highest BCUT2D eigenvalue weighted by Gasteiger charge is 2.36. The number of amides is 1. The molecule has 6 nitrogen and oxygen atoms in total. The molecule has 148 valence electrons. The Kier molecular flexibility index (Phi) is 4.62. The predicted octanol–water partition coefficient (Wildman–Crippen LogP) is 5.67. The highest BCUT2D eigenvalue weighted by molar-refractivity contribution is 5.94. The van der Waals surface area contributed by atoms with Crippen LogP contribution in [0, 0.1) is 6.92 Å². The number of aryl methyl sites for hydroxylation is 1. The van der Waals surface area contributed by atoms with Crippen LogP contribution in [0.25, 0.3) is 0 Å². The van der Waals surface area contributed by atoms with Gasteiger partial charge in [0.1, 0.15) is 11.5 Å². The average molecular weight is 390 g/mol. The Morgan fingerprint density at radius 3 is 2.52 bits per heavy atom. The monoisotopic (exact) mass is 390 g/mol. The Hall–Kier alpha value is -3.54. The summed E-state index contributed by atoms with van der Waals surface area (Å²) in [5.74, 6) is 1.96. The van der Waals surface area contributed by atoms with E-state index < -0.39 is 6.09 Å². The van der Waals surface area contributed by atoms with Crippen LogP contribution in [0.15, 0.2) is 60.8 Å². The maximum absolute atomic E-state index is 11.8. The molecule has 1 aliphatic rings. The maximum atomic E-state index is 11.8. The highest BCUT2D eigenvalue weighted by atomic mass is 16.5. The number of aromatic nitrogens is 1. The fourth-order valence-electron chi connectivity index (χ4n) is 3.53. The number of anilines is 2. The summed E-state index contributed by atoms with van der Waals surface area (Å²) in [5, 5.41) is 9.63. The molecule has 0 saturated heterocycles. The summed E-state index contributed by atoms with van der Waals surface area (Å²) in [6, 6.07) is 16.1. The van der Waals surface area contributed by atoms with Crippen molar-refractivity contribution in [3.05, 3.63) is 71.9 Å². The molecule has 2 aromatic carbocycles. The zero-order valence-corrected chi connectivity index (χ0v) is 16.5. The summed E-state index contributed by atoms with van der Waals surface area (Å²) in [6.45, 7) is 6.85. The van der Waals surface area contributed by atoms with Gasteiger partial charge < -0.3 is 14.6 Å². The van der Waals surface area contributed by atoms with Crippen LogP contribution in [-0.2, 0) is 5.41 Å². The first-order chi connectivity index (χ1) is 13.9. The molecule has 0 atom stereocenters. The molecule has 0 bridgehead atoms. The first-order valence-corrected chi connectivity index (χ1v) is 9.36. The zero-order valence-electron chi connectivity index (χ0n) is 16.5. The first-order valence-electron chi connectivity index (χ1n) is 9.36. The molecule has 0 saturated carbocycles. The Morgan fingerprint density at radius 2 is 1.86 bits per heavy atom. The normalized spacial score (nSPS) is 14.0. The second-order valence-corrected chi connectivity index (χ2v) is 7.67. The Labute approximate surface area is 169 Å². The number of hydrogen-bond acceptors (Lipinski definition) is 4. The Bertz CT molecular complexity index is 1050. The van der Waals surface area contributed by atoms with E-state index in [2.05, 4.69) is 18.8 Å². The SMILES string of the molecule is Cc1ccc(Oc2ccc(N(C(=O)O)c3ccccc3)cn2)c2c1OCC2(C)C. The Balaban J connectivity index is 1.63. The molecule has 4 rings (SSSR count). The molecule has 1 aliphatic heterocycles. The smallest absolute Gasteiger partial charge is 0.416 e. The summed E-state index contributed by atoms with van der Waals surface area (Å²) >= 11 is 0. The second-order valence-electron chi connectivity index (χ2n) is 7.67. The number of para-hydroxylation sites is 1. The molecule has 1 N–H and O–H groups in total. The minimum absolute atomic E-state index is 0.163. The van der Waals surface area contributed by atoms with Crippen molar-refractivity contribution in [1.29, 1.82) is 0 Å². The lowest BCUT2D eigenvalue weighted by Crippen LogP contribution is -2.23. The number of nitrogens with zero attached hydrogens (tertiary/aromatic N) is 2. The summed E-state index contributed by atoms with van der Waals surface area (Å²) in [6.07, 6.45) is 0.411. The molecule has 0 radical (unpaired) electrons. The molecule has 0 unspecified atom stereocenters. The number of rotatable bonds is 4. The molecule has 6 heteroatoms. The zero-order chi connectivity index (χ0) is 20.6. The molecule has 0 spiro atoms. The summed E-state index contributed by atoms with van der Waals surface area (Å²) < 4.78 is 11.9. The number of fused-ring (bicyclic) bond motifs is 1. The van der Waals surface area contributed by atoms with Crippen LogP contribution in [0.4, 0.5) is 16.2 Å². The van der Waals surface area contributed by atoms with Gasteiger partial charge in [0, 0.05) is 17.0 Å². The fraction of sp³-hybridized carbons (Fsp3) is 0.217. The molecular formula is C23H22N2O4. The Morgan fingerprint density at radius 1 is 1.10 bits per heavy atom. The van der Waals surface area contributed by atoms with Gasteiger partial charge in [0.2, 0.25) is 5.88 Å². The number of carbonyl (C=O) groups is 1. The van der Waals surface area contributed by atoms with Gasteiger partial charge in [0.25, 0.3) is 0 Å². The molecule has 2 heterocycles. The molecule has 0 aliphatic carbocycles. The van der Waals surface area contributed by atoms with Crippen LogP contribution in [0.3, 0.4) is 0 Å². The van der Waals surface area contributed by atoms with Gasteiger partial charge in [-0.05, 0) is 36.8 Å². The predicted molar refractivity (Wildman–Crippen MR) is 111 cm³/mol. The van der Waals surface area contributed by atoms with Crippen LogP contribution < -0.4 is 14.4 Å². The molecule has 29 heavy (non-hydrogen) atoms. The number of ether oxygens (including phenoxy) is 2. The van der Waals surface area contributed by atoms with E-state index in [1.54, 1.807) is 36.4 Å². The summed E-state index contributed by atoms with van der Waals surface area (Å²) in [5.41, 5.74) is 2.92. The third-order valence-electron chi connectivity index (χ3n) is 4.97. The molecule has 1 aromatic heterocycles. The number of hydrogen-bond donors (Lipinski definition) is 1. The van der Waals surface area contributed by atoms with Gasteiger partial charge in [-0.2, -0.15) is 0 Å². The van der Waals surface area contributed by atoms with E-state index >= 15 is 0 Å². The van der Waals surface area contributed by atoms with Crippen molar-refractivity contribution in [3.63, 3.8) is 0 Å². The van der Waals surface area contributed by atoms with Gasteiger partial charge in [-0.25, -0.2) is 14.7 Å². The second kappa shape index (κ2) is 7.13. The van der Waals surface area contributed by atoms with Gasteiger partial charge in [-0.1, -0.05) is 38.1 Å². The van der Waals surface area contributed by atoms with Crippen LogP contribution in [-0.4, -0.2) is 22.8 Å². The molecular weight excluding hydrogens is 368 g/mol.